The van der Waals surface area contributed by atoms with Crippen molar-refractivity contribution in [3.05, 3.63) is 87.8 Å². The minimum absolute atomic E-state index is 0.0586. The first kappa shape index (κ1) is 63.8. The fraction of sp³-hybridized carbons (Fsp3) is 0.552. The van der Waals surface area contributed by atoms with Gasteiger partial charge in [0.15, 0.2) is 16.8 Å². The maximum absolute atomic E-state index is 14.8. The number of piperidine rings is 1. The summed E-state index contributed by atoms with van der Waals surface area (Å²) in [5.41, 5.74) is -0.204. The molecule has 1 saturated heterocycles. The molecule has 5 aliphatic heterocycles. The number of likely N-dealkylation sites (N-methyl/N-ethyl adjacent to an activating group) is 1. The Kier molecular flexibility index (Phi) is 19.3. The molecule has 5 aliphatic rings. The number of hydrogen-bond donors (Lipinski definition) is 9. The van der Waals surface area contributed by atoms with Gasteiger partial charge in [-0.25, -0.2) is 0 Å². The molecule has 1 fully saturated rings. The maximum Gasteiger partial charge on any atom is 0.341 e. The Balaban J connectivity index is 1.18. The largest absolute Gasteiger partial charge is 0.507 e. The first-order valence-electron chi connectivity index (χ1n) is 27.7. The van der Waals surface area contributed by atoms with Crippen molar-refractivity contribution in [2.75, 3.05) is 50.4 Å². The summed E-state index contributed by atoms with van der Waals surface area (Å²) in [7, 11) is -8.78. The van der Waals surface area contributed by atoms with Crippen LogP contribution in [0, 0.1) is 48.3 Å². The molecule has 9 N–H and O–H groups in total. The Morgan fingerprint density at radius 1 is 0.866 bits per heavy atom. The molecule has 24 heteroatoms. The van der Waals surface area contributed by atoms with Gasteiger partial charge in [0.1, 0.15) is 28.6 Å². The molecule has 0 aliphatic carbocycles. The lowest BCUT2D eigenvalue weighted by molar-refractivity contribution is -0.158. The van der Waals surface area contributed by atoms with Crippen LogP contribution in [0.2, 0.25) is 0 Å². The van der Waals surface area contributed by atoms with Crippen molar-refractivity contribution in [1.82, 2.24) is 9.80 Å². The van der Waals surface area contributed by atoms with E-state index >= 15 is 0 Å². The zero-order chi connectivity index (χ0) is 60.7. The number of phenols is 2. The molecule has 3 aromatic rings. The number of hydrogen-bond acceptors (Lipinski definition) is 16. The lowest BCUT2D eigenvalue weighted by atomic mass is 9.72. The summed E-state index contributed by atoms with van der Waals surface area (Å²) in [6, 6.07) is 5.55. The van der Waals surface area contributed by atoms with Crippen LogP contribution in [0.15, 0.2) is 70.4 Å². The van der Waals surface area contributed by atoms with E-state index in [1.54, 1.807) is 39.0 Å². The molecule has 0 radical (unpaired) electrons. The lowest BCUT2D eigenvalue weighted by Crippen LogP contribution is -2.44. The Labute approximate surface area is 477 Å². The maximum atomic E-state index is 14.8. The van der Waals surface area contributed by atoms with Gasteiger partial charge in [-0.15, -0.1) is 0 Å². The molecule has 0 aromatic heterocycles. The number of aliphatic hydroxyl groups is 1. The summed E-state index contributed by atoms with van der Waals surface area (Å²) in [5.74, 6) is -6.71. The summed E-state index contributed by atoms with van der Waals surface area (Å²) in [4.78, 5) is 108. The van der Waals surface area contributed by atoms with Crippen LogP contribution in [0.1, 0.15) is 104 Å². The Morgan fingerprint density at radius 2 is 1.49 bits per heavy atom. The van der Waals surface area contributed by atoms with Gasteiger partial charge >= 0.3 is 26.9 Å². The second-order valence-electron chi connectivity index (χ2n) is 23.6. The van der Waals surface area contributed by atoms with Crippen molar-refractivity contribution in [3.63, 3.8) is 0 Å². The van der Waals surface area contributed by atoms with Crippen LogP contribution in [0.5, 0.6) is 17.2 Å². The molecule has 0 saturated carbocycles. The van der Waals surface area contributed by atoms with Crippen molar-refractivity contribution < 1.29 is 77.4 Å². The number of aliphatic hydroxyl groups excluding tert-OH is 1. The highest BCUT2D eigenvalue weighted by molar-refractivity contribution is 7.70. The molecular formula is C58H80N6O16P2. The topological polar surface area (TPSA) is 327 Å². The lowest BCUT2D eigenvalue weighted by Gasteiger charge is -2.38. The van der Waals surface area contributed by atoms with E-state index in [-0.39, 0.29) is 103 Å². The molecule has 5 heterocycles. The first-order chi connectivity index (χ1) is 38.2. The number of nitrogens with zero attached hydrogens (tertiary/aromatic N) is 4. The van der Waals surface area contributed by atoms with Crippen LogP contribution in [-0.4, -0.2) is 137 Å². The molecule has 8 rings (SSSR count). The number of allylic oxidation sites excluding steroid dienone is 3. The number of phenolic OH excluding ortho intramolecular Hbond substituents is 2. The van der Waals surface area contributed by atoms with Crippen molar-refractivity contribution in [2.45, 2.75) is 124 Å². The number of ketones is 1. The van der Waals surface area contributed by atoms with Crippen molar-refractivity contribution in [3.8, 4) is 17.2 Å². The van der Waals surface area contributed by atoms with Gasteiger partial charge in [0, 0.05) is 73.4 Å². The van der Waals surface area contributed by atoms with E-state index in [0.29, 0.717) is 31.8 Å². The number of Topliss-reactive ketones (excluding diaryl/α,β-unsaturated/α-hetero) is 1. The number of amides is 2. The number of carbonyl (C=O) groups is 4. The normalized spacial score (nSPS) is 27.8. The predicted octanol–water partition coefficient (Wildman–Crippen LogP) is 6.42. The predicted molar refractivity (Wildman–Crippen MR) is 308 cm³/mol. The summed E-state index contributed by atoms with van der Waals surface area (Å²) in [6.07, 6.45) is 6.61. The summed E-state index contributed by atoms with van der Waals surface area (Å²) >= 11 is 0. The summed E-state index contributed by atoms with van der Waals surface area (Å²) in [6.45, 7) is 22.1. The zero-order valence-electron chi connectivity index (χ0n) is 48.6. The molecule has 5 bridgehead atoms. The van der Waals surface area contributed by atoms with Crippen LogP contribution >= 0.6 is 15.2 Å². The molecule has 9 atom stereocenters. The molecule has 22 nitrogen and oxygen atoms in total. The van der Waals surface area contributed by atoms with Crippen LogP contribution < -0.4 is 26.1 Å². The monoisotopic (exact) mass is 1180 g/mol. The third-order valence-corrected chi connectivity index (χ3v) is 20.6. The second-order valence-corrected chi connectivity index (χ2v) is 27.7. The molecule has 3 aromatic carbocycles. The molecule has 82 heavy (non-hydrogen) atoms. The number of anilines is 2. The number of fused-ring (bicyclic) bond motifs is 13. The zero-order valence-corrected chi connectivity index (χ0v) is 50.4. The van der Waals surface area contributed by atoms with Crippen LogP contribution in [-0.2, 0) is 39.4 Å². The highest BCUT2D eigenvalue weighted by Crippen LogP contribution is 2.61. The van der Waals surface area contributed by atoms with E-state index in [1.807, 2.05) is 40.7 Å². The molecule has 0 unspecified atom stereocenters. The van der Waals surface area contributed by atoms with Gasteiger partial charge in [-0.1, -0.05) is 85.8 Å². The fourth-order valence-electron chi connectivity index (χ4n) is 11.4. The third kappa shape index (κ3) is 13.7. The van der Waals surface area contributed by atoms with Crippen molar-refractivity contribution in [1.29, 1.82) is 0 Å². The highest BCUT2D eigenvalue weighted by atomic mass is 31.2. The highest BCUT2D eigenvalue weighted by Gasteiger charge is 2.50. The van der Waals surface area contributed by atoms with Crippen LogP contribution in [0.25, 0.3) is 10.8 Å². The number of esters is 1. The quantitative estimate of drug-likeness (QED) is 0.0536. The van der Waals surface area contributed by atoms with Gasteiger partial charge in [-0.2, -0.15) is 0 Å². The van der Waals surface area contributed by atoms with Crippen LogP contribution in [0.3, 0.4) is 0 Å². The first-order valence-corrected chi connectivity index (χ1v) is 31.1. The van der Waals surface area contributed by atoms with Gasteiger partial charge in [0.05, 0.1) is 41.8 Å². The van der Waals surface area contributed by atoms with E-state index in [2.05, 4.69) is 29.4 Å². The number of nitrogens with one attached hydrogen (secondary N) is 2. The minimum Gasteiger partial charge on any atom is -0.507 e. The number of likely N-dealkylation sites (tertiary alicyclic amines) is 1. The van der Waals surface area contributed by atoms with E-state index < -0.39 is 91.8 Å². The smallest absolute Gasteiger partial charge is 0.341 e. The molecular weight excluding hydrogens is 1100 g/mol. The van der Waals surface area contributed by atoms with E-state index in [1.165, 1.54) is 49.4 Å². The summed E-state index contributed by atoms with van der Waals surface area (Å²) < 4.78 is 42.3. The molecule has 1 spiro atoms. The average Bonchev–Trinajstić information content (AvgIpc) is 1.61. The number of rotatable bonds is 12. The fourth-order valence-corrected chi connectivity index (χ4v) is 13.9. The van der Waals surface area contributed by atoms with E-state index in [4.69, 9.17) is 24.2 Å². The standard InChI is InChI=1S/C58H80N6O16P2/c1-30(2)27-64-23-21-58(22-24-64)61-47-44-45-51(68)38(10)54-46(44)55(70)57(11,80-54)78-25-20-31(3)34(6)35(7)36(8)50(67)37(9)53(32(4)14-13-15-33(5)56(71)60-49(52(45)69)48(47)62-58)79-42(66)29-63(12)28-41(65)59-40-18-16-39(17-19-40)26-43(81(72,73)74)82(75,76)77/h13-20,25,30-32,34-37,43,50,53,67-69H,21-24,26-29H2,1-12H3,(H,59,65)(H,60,71)(H2,72,73,74)(H2,75,76,77)/b14-13+,25-20+,33-15-/t31-,32-,34+,35+,36-,37-,50-,53-,57-/m0/s1. The third-order valence-electron chi connectivity index (χ3n) is 16.8. The number of carbonyl (C=O) groups excluding carboxylic acids is 4. The minimum atomic E-state index is -5.15. The van der Waals surface area contributed by atoms with Gasteiger partial charge in [0.25, 0.3) is 11.7 Å². The Hall–Kier alpha value is -5.80. The van der Waals surface area contributed by atoms with Gasteiger partial charge in [-0.3, -0.25) is 43.2 Å². The summed E-state index contributed by atoms with van der Waals surface area (Å²) in [5, 5.41) is 40.1. The molecule has 2 amide bonds. The molecule has 448 valence electrons. The number of benzene rings is 3. The van der Waals surface area contributed by atoms with Crippen molar-refractivity contribution in [2.24, 2.45) is 51.4 Å². The Morgan fingerprint density at radius 3 is 2.10 bits per heavy atom. The van der Waals surface area contributed by atoms with Gasteiger partial charge in [0.2, 0.25) is 5.91 Å². The van der Waals surface area contributed by atoms with E-state index in [0.717, 1.165) is 6.54 Å². The second kappa shape index (κ2) is 24.8. The Bertz CT molecular complexity index is 3270. The number of ether oxygens (including phenoxy) is 3. The van der Waals surface area contributed by atoms with E-state index in [9.17, 15) is 63.2 Å². The van der Waals surface area contributed by atoms with Crippen LogP contribution in [0.4, 0.5) is 11.4 Å². The van der Waals surface area contributed by atoms with Gasteiger partial charge < -0.3 is 64.6 Å². The SMILES string of the molecule is C/C1=C/C=C/[C@H](C)[C@H](OC(=O)CN(C)CC(=O)Nc2ccc(CC(P(=O)(O)O)P(=O)(O)O)cc2)[C@@H](C)[C@@H](O)[C@@H](C)[C@H](C)[C@H](C)[C@@H](C)/C=C/O[C@@]2(C)Oc3c(C)c(O)c4c(O)c(c5c(c4c3C2=O)=NC2(CCN(CC(C)C)CC2)N=5)NC1=O. The van der Waals surface area contributed by atoms with Gasteiger partial charge in [-0.05, 0) is 80.7 Å². The average molecular weight is 1180 g/mol. The van der Waals surface area contributed by atoms with Crippen molar-refractivity contribution >= 4 is 60.9 Å². The number of aromatic hydroxyl groups is 2.